The molecule has 2 heterocycles. The van der Waals surface area contributed by atoms with Crippen LogP contribution in [0.1, 0.15) is 65.4 Å². The zero-order valence-electron chi connectivity index (χ0n) is 16.3. The lowest BCUT2D eigenvalue weighted by Crippen LogP contribution is -2.47. The highest BCUT2D eigenvalue weighted by Crippen LogP contribution is 2.25. The Kier molecular flexibility index (Phi) is 7.71. The van der Waals surface area contributed by atoms with Crippen molar-refractivity contribution in [3.63, 3.8) is 0 Å². The van der Waals surface area contributed by atoms with E-state index in [1.165, 1.54) is 0 Å². The molecule has 0 amide bonds. The molecule has 1 aromatic heterocycles. The summed E-state index contributed by atoms with van der Waals surface area (Å²) in [6, 6.07) is 1.85. The van der Waals surface area contributed by atoms with E-state index in [-0.39, 0.29) is 12.0 Å². The van der Waals surface area contributed by atoms with Crippen molar-refractivity contribution in [2.24, 2.45) is 0 Å². The molecule has 0 aromatic carbocycles. The van der Waals surface area contributed by atoms with Crippen molar-refractivity contribution in [2.45, 2.75) is 84.0 Å². The highest BCUT2D eigenvalue weighted by atomic mass is 35.5. The molecule has 2 rings (SSSR count). The van der Waals surface area contributed by atoms with Crippen LogP contribution in [0.25, 0.3) is 0 Å². The van der Waals surface area contributed by atoms with E-state index < -0.39 is 11.7 Å². The first-order valence-electron chi connectivity index (χ1n) is 9.57. The number of unbranched alkanes of at least 4 members (excludes halogenated alkanes) is 2. The van der Waals surface area contributed by atoms with E-state index >= 15 is 0 Å². The van der Waals surface area contributed by atoms with Gasteiger partial charge in [-0.15, -0.1) is 0 Å². The van der Waals surface area contributed by atoms with Gasteiger partial charge in [-0.25, -0.2) is 9.78 Å². The van der Waals surface area contributed by atoms with Crippen molar-refractivity contribution < 1.29 is 14.3 Å². The molecule has 1 saturated heterocycles. The molecule has 146 valence electrons. The second-order valence-electron chi connectivity index (χ2n) is 7.85. The topological polar surface area (TPSA) is 60.5 Å². The van der Waals surface area contributed by atoms with Gasteiger partial charge in [0.1, 0.15) is 16.5 Å². The van der Waals surface area contributed by atoms with Crippen LogP contribution in [-0.4, -0.2) is 35.2 Å². The Hall–Kier alpha value is -1.33. The maximum atomic E-state index is 12.7. The van der Waals surface area contributed by atoms with Crippen LogP contribution in [-0.2, 0) is 16.0 Å². The molecule has 1 aliphatic heterocycles. The normalized spacial score (nSPS) is 18.6. The molecule has 0 aliphatic carbocycles. The fourth-order valence-corrected chi connectivity index (χ4v) is 3.25. The van der Waals surface area contributed by atoms with Gasteiger partial charge in [0.05, 0.1) is 12.2 Å². The highest BCUT2D eigenvalue weighted by molar-refractivity contribution is 6.30. The van der Waals surface area contributed by atoms with Crippen LogP contribution < -0.4 is 10.1 Å². The molecule has 26 heavy (non-hydrogen) atoms. The Bertz CT molecular complexity index is 595. The number of rotatable bonds is 8. The molecule has 1 N–H and O–H groups in total. The van der Waals surface area contributed by atoms with E-state index in [0.717, 1.165) is 50.6 Å². The number of aromatic nitrogens is 1. The monoisotopic (exact) mass is 382 g/mol. The van der Waals surface area contributed by atoms with Crippen LogP contribution in [0, 0.1) is 0 Å². The molecule has 0 spiro atoms. The summed E-state index contributed by atoms with van der Waals surface area (Å²) >= 11 is 6.22. The van der Waals surface area contributed by atoms with Crippen LogP contribution in [0.2, 0.25) is 5.15 Å². The van der Waals surface area contributed by atoms with Crippen molar-refractivity contribution in [3.05, 3.63) is 23.0 Å². The number of nitrogens with zero attached hydrogens (tertiary/aromatic N) is 1. The number of hydrogen-bond donors (Lipinski definition) is 1. The third-order valence-electron chi connectivity index (χ3n) is 4.30. The van der Waals surface area contributed by atoms with Gasteiger partial charge in [0.25, 0.3) is 0 Å². The second-order valence-corrected chi connectivity index (χ2v) is 8.21. The van der Waals surface area contributed by atoms with Crippen LogP contribution in [0.3, 0.4) is 0 Å². The van der Waals surface area contributed by atoms with Gasteiger partial charge in [0.15, 0.2) is 0 Å². The van der Waals surface area contributed by atoms with Crippen LogP contribution in [0.4, 0.5) is 0 Å². The summed E-state index contributed by atoms with van der Waals surface area (Å²) < 4.78 is 11.6. The Morgan fingerprint density at radius 3 is 2.81 bits per heavy atom. The summed E-state index contributed by atoms with van der Waals surface area (Å²) in [7, 11) is 0. The Balaban J connectivity index is 2.13. The molecule has 5 nitrogen and oxygen atoms in total. The molecule has 0 saturated carbocycles. The van der Waals surface area contributed by atoms with Crippen molar-refractivity contribution in [1.29, 1.82) is 0 Å². The Morgan fingerprint density at radius 2 is 2.19 bits per heavy atom. The van der Waals surface area contributed by atoms with E-state index in [2.05, 4.69) is 17.2 Å². The summed E-state index contributed by atoms with van der Waals surface area (Å²) in [5.74, 6) is 0.213. The van der Waals surface area contributed by atoms with E-state index in [1.54, 1.807) is 6.20 Å². The second kappa shape index (κ2) is 9.56. The minimum atomic E-state index is -0.691. The van der Waals surface area contributed by atoms with Gasteiger partial charge in [-0.3, -0.25) is 0 Å². The third kappa shape index (κ3) is 6.44. The minimum Gasteiger partial charge on any atom is -0.475 e. The van der Waals surface area contributed by atoms with E-state index in [9.17, 15) is 4.79 Å². The average molecular weight is 383 g/mol. The lowest BCUT2D eigenvalue weighted by molar-refractivity contribution is -0.164. The summed E-state index contributed by atoms with van der Waals surface area (Å²) in [6.07, 6.45) is 7.00. The minimum absolute atomic E-state index is 0.0518. The molecule has 1 fully saturated rings. The largest absolute Gasteiger partial charge is 0.475 e. The Labute approximate surface area is 161 Å². The quantitative estimate of drug-likeness (QED) is 0.412. The smallest absolute Gasteiger partial charge is 0.349 e. The first-order chi connectivity index (χ1) is 12.3. The number of halogens is 1. The highest BCUT2D eigenvalue weighted by Gasteiger charge is 2.36. The van der Waals surface area contributed by atoms with Crippen LogP contribution >= 0.6 is 11.6 Å². The summed E-state index contributed by atoms with van der Waals surface area (Å²) in [5.41, 5.74) is 0.404. The fourth-order valence-electron chi connectivity index (χ4n) is 3.05. The molecule has 1 unspecified atom stereocenters. The third-order valence-corrected chi connectivity index (χ3v) is 4.64. The zero-order valence-corrected chi connectivity index (χ0v) is 17.1. The van der Waals surface area contributed by atoms with Crippen molar-refractivity contribution >= 4 is 17.6 Å². The molecule has 0 radical (unpaired) electrons. The van der Waals surface area contributed by atoms with Gasteiger partial charge in [-0.05, 0) is 64.6 Å². The molecule has 6 heteroatoms. The summed E-state index contributed by atoms with van der Waals surface area (Å²) in [6.45, 7) is 8.63. The number of aryl methyl sites for hydroxylation is 1. The fraction of sp³-hybridized carbons (Fsp3) is 0.700. The van der Waals surface area contributed by atoms with Crippen LogP contribution in [0.15, 0.2) is 12.3 Å². The van der Waals surface area contributed by atoms with Gasteiger partial charge >= 0.3 is 5.97 Å². The SMILES string of the molecule is CCCCCc1cc(OC(C(=O)OC(C)(C)C)[C@H]2CCCN2)cnc1Cl. The predicted molar refractivity (Wildman–Crippen MR) is 104 cm³/mol. The average Bonchev–Trinajstić information content (AvgIpc) is 3.07. The first-order valence-corrected chi connectivity index (χ1v) is 9.95. The van der Waals surface area contributed by atoms with E-state index in [1.807, 2.05) is 26.8 Å². The van der Waals surface area contributed by atoms with Gasteiger partial charge in [0, 0.05) is 0 Å². The lowest BCUT2D eigenvalue weighted by atomic mass is 10.1. The summed E-state index contributed by atoms with van der Waals surface area (Å²) in [5, 5.41) is 3.84. The molecular weight excluding hydrogens is 352 g/mol. The number of carbonyl (C=O) groups is 1. The van der Waals surface area contributed by atoms with Gasteiger partial charge in [0.2, 0.25) is 6.10 Å². The maximum Gasteiger partial charge on any atom is 0.349 e. The maximum absolute atomic E-state index is 12.7. The Morgan fingerprint density at radius 1 is 1.42 bits per heavy atom. The number of esters is 1. The van der Waals surface area contributed by atoms with Gasteiger partial charge in [-0.1, -0.05) is 31.4 Å². The summed E-state index contributed by atoms with van der Waals surface area (Å²) in [4.78, 5) is 16.9. The van der Waals surface area contributed by atoms with E-state index in [0.29, 0.717) is 10.9 Å². The van der Waals surface area contributed by atoms with Crippen molar-refractivity contribution in [2.75, 3.05) is 6.54 Å². The number of hydrogen-bond acceptors (Lipinski definition) is 5. The predicted octanol–water partition coefficient (Wildman–Crippen LogP) is 4.31. The molecule has 0 bridgehead atoms. The molecule has 2 atom stereocenters. The van der Waals surface area contributed by atoms with Gasteiger partial charge < -0.3 is 14.8 Å². The zero-order chi connectivity index (χ0) is 19.2. The first kappa shape index (κ1) is 21.0. The van der Waals surface area contributed by atoms with Crippen molar-refractivity contribution in [3.8, 4) is 5.75 Å². The number of ether oxygens (including phenoxy) is 2. The standard InChI is InChI=1S/C20H31ClN2O3/c1-5-6-7-9-14-12-15(13-23-18(14)21)25-17(16-10-8-11-22-16)19(24)26-20(2,3)4/h12-13,16-17,22H,5-11H2,1-4H3/t16-,17?/m1/s1. The molecular formula is C20H31ClN2O3. The lowest BCUT2D eigenvalue weighted by Gasteiger charge is -2.27. The number of carbonyl (C=O) groups excluding carboxylic acids is 1. The van der Waals surface area contributed by atoms with Crippen molar-refractivity contribution in [1.82, 2.24) is 10.3 Å². The number of nitrogens with one attached hydrogen (secondary N) is 1. The van der Waals surface area contributed by atoms with E-state index in [4.69, 9.17) is 21.1 Å². The molecule has 1 aliphatic rings. The number of pyridine rings is 1. The molecule has 1 aromatic rings. The van der Waals surface area contributed by atoms with Gasteiger partial charge in [-0.2, -0.15) is 0 Å². The van der Waals surface area contributed by atoms with Crippen LogP contribution in [0.5, 0.6) is 5.75 Å².